The minimum atomic E-state index is 0.221. The predicted octanol–water partition coefficient (Wildman–Crippen LogP) is 1.74. The van der Waals surface area contributed by atoms with Crippen molar-refractivity contribution in [2.75, 3.05) is 13.7 Å². The summed E-state index contributed by atoms with van der Waals surface area (Å²) in [5.41, 5.74) is 0. The van der Waals surface area contributed by atoms with Gasteiger partial charge in [-0.2, -0.15) is 0 Å². The van der Waals surface area contributed by atoms with Crippen molar-refractivity contribution in [1.82, 2.24) is 0 Å². The van der Waals surface area contributed by atoms with Crippen molar-refractivity contribution in [3.8, 4) is 0 Å². The minimum absolute atomic E-state index is 0.221. The Labute approximate surface area is 68.9 Å². The Kier molecular flexibility index (Phi) is 7.52. The van der Waals surface area contributed by atoms with Gasteiger partial charge in [0.05, 0.1) is 6.10 Å². The van der Waals surface area contributed by atoms with Crippen LogP contribution in [0.1, 0.15) is 26.2 Å². The van der Waals surface area contributed by atoms with E-state index in [4.69, 9.17) is 9.84 Å². The summed E-state index contributed by atoms with van der Waals surface area (Å²) in [7, 11) is 1.71. The lowest BCUT2D eigenvalue weighted by Gasteiger charge is -2.07. The van der Waals surface area contributed by atoms with E-state index in [1.54, 1.807) is 7.11 Å². The molecule has 11 heavy (non-hydrogen) atoms. The smallest absolute Gasteiger partial charge is 0.0751 e. The van der Waals surface area contributed by atoms with Crippen LogP contribution in [-0.4, -0.2) is 24.9 Å². The third-order valence-electron chi connectivity index (χ3n) is 1.52. The van der Waals surface area contributed by atoms with Crippen molar-refractivity contribution in [2.45, 2.75) is 32.3 Å². The van der Waals surface area contributed by atoms with Crippen LogP contribution in [0.4, 0.5) is 0 Å². The lowest BCUT2D eigenvalue weighted by molar-refractivity contribution is 0.132. The minimum Gasteiger partial charge on any atom is -0.396 e. The van der Waals surface area contributed by atoms with Crippen LogP contribution in [0.25, 0.3) is 0 Å². The van der Waals surface area contributed by atoms with Crippen LogP contribution >= 0.6 is 0 Å². The van der Waals surface area contributed by atoms with E-state index >= 15 is 0 Å². The highest BCUT2D eigenvalue weighted by atomic mass is 16.5. The molecule has 0 fully saturated rings. The molecule has 0 bridgehead atoms. The Hall–Kier alpha value is -0.340. The molecule has 2 nitrogen and oxygen atoms in total. The van der Waals surface area contributed by atoms with E-state index in [2.05, 4.69) is 6.92 Å². The third kappa shape index (κ3) is 6.07. The number of aliphatic hydroxyl groups excluding tert-OH is 1. The van der Waals surface area contributed by atoms with Crippen LogP contribution in [-0.2, 0) is 4.74 Å². The van der Waals surface area contributed by atoms with E-state index in [0.29, 0.717) is 0 Å². The van der Waals surface area contributed by atoms with Gasteiger partial charge in [0.15, 0.2) is 0 Å². The standard InChI is InChI=1S/C9H18O2/c1-3-6-9(11-2)7-4-5-8-10/h4,7,9-10H,3,5-6,8H2,1-2H3/b7-4-. The fourth-order valence-electron chi connectivity index (χ4n) is 0.900. The summed E-state index contributed by atoms with van der Waals surface area (Å²) < 4.78 is 5.17. The summed E-state index contributed by atoms with van der Waals surface area (Å²) >= 11 is 0. The maximum absolute atomic E-state index is 8.49. The largest absolute Gasteiger partial charge is 0.396 e. The summed E-state index contributed by atoms with van der Waals surface area (Å²) in [5, 5.41) is 8.49. The van der Waals surface area contributed by atoms with Gasteiger partial charge in [0.2, 0.25) is 0 Å². The topological polar surface area (TPSA) is 29.5 Å². The van der Waals surface area contributed by atoms with Crippen molar-refractivity contribution in [1.29, 1.82) is 0 Å². The van der Waals surface area contributed by atoms with Gasteiger partial charge in [-0.05, 0) is 12.8 Å². The maximum atomic E-state index is 8.49. The monoisotopic (exact) mass is 158 g/mol. The number of hydrogen-bond acceptors (Lipinski definition) is 2. The molecule has 1 unspecified atom stereocenters. The highest BCUT2D eigenvalue weighted by Crippen LogP contribution is 2.02. The highest BCUT2D eigenvalue weighted by molar-refractivity contribution is 4.88. The number of hydrogen-bond donors (Lipinski definition) is 1. The van der Waals surface area contributed by atoms with Gasteiger partial charge >= 0.3 is 0 Å². The molecule has 0 aromatic heterocycles. The van der Waals surface area contributed by atoms with Gasteiger partial charge in [-0.3, -0.25) is 0 Å². The zero-order chi connectivity index (χ0) is 8.53. The van der Waals surface area contributed by atoms with Gasteiger partial charge in [-0.1, -0.05) is 25.5 Å². The third-order valence-corrected chi connectivity index (χ3v) is 1.52. The van der Waals surface area contributed by atoms with Crippen LogP contribution < -0.4 is 0 Å². The molecule has 0 aromatic carbocycles. The van der Waals surface area contributed by atoms with Gasteiger partial charge < -0.3 is 9.84 Å². The average molecular weight is 158 g/mol. The fraction of sp³-hybridized carbons (Fsp3) is 0.778. The Morgan fingerprint density at radius 3 is 2.73 bits per heavy atom. The SMILES string of the molecule is CCCC(/C=C\CCO)OC. The van der Waals surface area contributed by atoms with Crippen LogP contribution in [0, 0.1) is 0 Å². The Balaban J connectivity index is 3.49. The Morgan fingerprint density at radius 2 is 2.27 bits per heavy atom. The molecule has 2 heteroatoms. The number of aliphatic hydroxyl groups is 1. The van der Waals surface area contributed by atoms with Crippen LogP contribution in [0.5, 0.6) is 0 Å². The van der Waals surface area contributed by atoms with Gasteiger partial charge in [0.25, 0.3) is 0 Å². The molecule has 0 saturated heterocycles. The van der Waals surface area contributed by atoms with Gasteiger partial charge in [0, 0.05) is 13.7 Å². The first kappa shape index (κ1) is 10.7. The Bertz CT molecular complexity index is 99.7. The van der Waals surface area contributed by atoms with Crippen molar-refractivity contribution >= 4 is 0 Å². The lowest BCUT2D eigenvalue weighted by Crippen LogP contribution is -2.05. The zero-order valence-corrected chi connectivity index (χ0v) is 7.42. The second-order valence-electron chi connectivity index (χ2n) is 2.50. The van der Waals surface area contributed by atoms with Crippen LogP contribution in [0.2, 0.25) is 0 Å². The quantitative estimate of drug-likeness (QED) is 0.597. The fourth-order valence-corrected chi connectivity index (χ4v) is 0.900. The van der Waals surface area contributed by atoms with Crippen LogP contribution in [0.3, 0.4) is 0 Å². The number of rotatable bonds is 6. The first-order valence-corrected chi connectivity index (χ1v) is 4.15. The molecule has 0 rings (SSSR count). The molecule has 0 spiro atoms. The van der Waals surface area contributed by atoms with Crippen molar-refractivity contribution in [3.63, 3.8) is 0 Å². The van der Waals surface area contributed by atoms with Crippen molar-refractivity contribution in [3.05, 3.63) is 12.2 Å². The normalized spacial score (nSPS) is 14.1. The molecule has 0 aliphatic carbocycles. The molecule has 0 saturated carbocycles. The summed E-state index contributed by atoms with van der Waals surface area (Å²) in [6.07, 6.45) is 7.11. The van der Waals surface area contributed by atoms with E-state index in [1.807, 2.05) is 12.2 Å². The summed E-state index contributed by atoms with van der Waals surface area (Å²) in [5.74, 6) is 0. The first-order valence-electron chi connectivity index (χ1n) is 4.15. The molecule has 1 N–H and O–H groups in total. The zero-order valence-electron chi connectivity index (χ0n) is 7.42. The second-order valence-corrected chi connectivity index (χ2v) is 2.50. The Morgan fingerprint density at radius 1 is 1.55 bits per heavy atom. The van der Waals surface area contributed by atoms with E-state index in [9.17, 15) is 0 Å². The van der Waals surface area contributed by atoms with Gasteiger partial charge in [-0.15, -0.1) is 0 Å². The molecule has 0 heterocycles. The second kappa shape index (κ2) is 7.76. The molecule has 66 valence electrons. The highest BCUT2D eigenvalue weighted by Gasteiger charge is 1.98. The number of methoxy groups -OCH3 is 1. The molecular weight excluding hydrogens is 140 g/mol. The molecular formula is C9H18O2. The molecule has 0 aliphatic rings. The van der Waals surface area contributed by atoms with E-state index in [1.165, 1.54) is 0 Å². The predicted molar refractivity (Wildman–Crippen MR) is 46.5 cm³/mol. The molecule has 1 atom stereocenters. The van der Waals surface area contributed by atoms with Gasteiger partial charge in [0.1, 0.15) is 0 Å². The van der Waals surface area contributed by atoms with E-state index in [0.717, 1.165) is 19.3 Å². The lowest BCUT2D eigenvalue weighted by atomic mass is 10.2. The van der Waals surface area contributed by atoms with E-state index in [-0.39, 0.29) is 12.7 Å². The molecule has 0 aliphatic heterocycles. The number of ether oxygens (including phenoxy) is 1. The average Bonchev–Trinajstić information content (AvgIpc) is 2.03. The van der Waals surface area contributed by atoms with Crippen molar-refractivity contribution < 1.29 is 9.84 Å². The van der Waals surface area contributed by atoms with E-state index < -0.39 is 0 Å². The maximum Gasteiger partial charge on any atom is 0.0751 e. The molecule has 0 amide bonds. The summed E-state index contributed by atoms with van der Waals surface area (Å²) in [6, 6.07) is 0. The van der Waals surface area contributed by atoms with Crippen LogP contribution in [0.15, 0.2) is 12.2 Å². The summed E-state index contributed by atoms with van der Waals surface area (Å²) in [4.78, 5) is 0. The first-order chi connectivity index (χ1) is 5.35. The van der Waals surface area contributed by atoms with Gasteiger partial charge in [-0.25, -0.2) is 0 Å². The molecule has 0 radical (unpaired) electrons. The summed E-state index contributed by atoms with van der Waals surface area (Å²) in [6.45, 7) is 2.35. The molecule has 0 aromatic rings. The van der Waals surface area contributed by atoms with Crippen molar-refractivity contribution in [2.24, 2.45) is 0 Å².